The van der Waals surface area contributed by atoms with Crippen LogP contribution in [0, 0.1) is 0 Å². The molecular weight excluding hydrogens is 661 g/mol. The molecule has 0 heterocycles. The van der Waals surface area contributed by atoms with E-state index in [2.05, 4.69) is 13.6 Å². The van der Waals surface area contributed by atoms with E-state index < -0.39 is 53.4 Å². The first-order chi connectivity index (χ1) is 21.2. The Morgan fingerprint density at radius 1 is 0.783 bits per heavy atom. The minimum Gasteiger partial charge on any atom is -0.380 e. The van der Waals surface area contributed by atoms with Crippen LogP contribution >= 0.6 is 0 Å². The van der Waals surface area contributed by atoms with Crippen molar-refractivity contribution in [3.63, 3.8) is 0 Å². The van der Waals surface area contributed by atoms with Gasteiger partial charge < -0.3 is 13.7 Å². The van der Waals surface area contributed by atoms with E-state index in [1.807, 2.05) is 20.8 Å². The number of oxime groups is 1. The van der Waals surface area contributed by atoms with Gasteiger partial charge in [-0.3, -0.25) is 4.28 Å². The topological polar surface area (TPSA) is 118 Å². The van der Waals surface area contributed by atoms with Gasteiger partial charge >= 0.3 is 31.0 Å². The highest BCUT2D eigenvalue weighted by Gasteiger charge is 2.63. The summed E-state index contributed by atoms with van der Waals surface area (Å²) in [6.45, 7) is 4.78. The molecule has 0 amide bonds. The molecule has 0 saturated heterocycles. The van der Waals surface area contributed by atoms with Crippen LogP contribution in [0.25, 0.3) is 11.1 Å². The Morgan fingerprint density at radius 2 is 1.35 bits per heavy atom. The molecule has 9 nitrogen and oxygen atoms in total. The lowest BCUT2D eigenvalue weighted by atomic mass is 9.85. The largest absolute Gasteiger partial charge is 0.519 e. The zero-order valence-electron chi connectivity index (χ0n) is 25.2. The Labute approximate surface area is 263 Å². The highest BCUT2D eigenvalue weighted by Crippen LogP contribution is 2.40. The molecule has 0 N–H and O–H groups in total. The van der Waals surface area contributed by atoms with Gasteiger partial charge in [-0.15, -0.1) is 0 Å². The number of hydrogen-bond donors (Lipinski definition) is 0. The predicted molar refractivity (Wildman–Crippen MR) is 158 cm³/mol. The molecule has 0 aromatic heterocycles. The molecule has 16 heteroatoms. The van der Waals surface area contributed by atoms with E-state index in [4.69, 9.17) is 9.47 Å². The summed E-state index contributed by atoms with van der Waals surface area (Å²) in [5.41, 5.74) is 0.0235. The van der Waals surface area contributed by atoms with Crippen molar-refractivity contribution in [3.8, 4) is 16.9 Å². The van der Waals surface area contributed by atoms with Crippen LogP contribution in [-0.2, 0) is 59.0 Å². The van der Waals surface area contributed by atoms with Crippen LogP contribution in [0.3, 0.4) is 0 Å². The van der Waals surface area contributed by atoms with Crippen LogP contribution < -0.4 is 4.18 Å². The standard InChI is InChI=1S/C30H30F5NO8S2/c1-28(2,3)23-14-21(16-41-4)26(22(15-23)17-42-5)43-45(37,38)30(34,35)46(39,40)44-36-27(29(31,32)33)19-10-11-25-20(13-19)12-18-8-6-7-9-24(18)25/h6-11,13-15H,12,16-17H2,1-5H3/b36-27+. The maximum atomic E-state index is 15.2. The Kier molecular flexibility index (Phi) is 9.61. The second kappa shape index (κ2) is 12.5. The second-order valence-corrected chi connectivity index (χ2v) is 14.8. The number of benzene rings is 3. The second-order valence-electron chi connectivity index (χ2n) is 11.4. The predicted octanol–water partition coefficient (Wildman–Crippen LogP) is 6.42. The average Bonchev–Trinajstić information content (AvgIpc) is 3.31. The van der Waals surface area contributed by atoms with Gasteiger partial charge in [0.25, 0.3) is 0 Å². The highest BCUT2D eigenvalue weighted by molar-refractivity contribution is 8.05. The van der Waals surface area contributed by atoms with E-state index in [0.717, 1.165) is 23.3 Å². The molecule has 0 radical (unpaired) electrons. The monoisotopic (exact) mass is 691 g/mol. The average molecular weight is 692 g/mol. The third kappa shape index (κ3) is 6.89. The van der Waals surface area contributed by atoms with Gasteiger partial charge in [0.2, 0.25) is 0 Å². The molecule has 0 saturated carbocycles. The number of methoxy groups -OCH3 is 2. The minimum absolute atomic E-state index is 0.0456. The van der Waals surface area contributed by atoms with Crippen molar-refractivity contribution in [1.29, 1.82) is 0 Å². The zero-order chi connectivity index (χ0) is 34.3. The highest BCUT2D eigenvalue weighted by atomic mass is 32.3. The molecule has 3 aromatic carbocycles. The van der Waals surface area contributed by atoms with Gasteiger partial charge in [0.1, 0.15) is 0 Å². The quantitative estimate of drug-likeness (QED) is 0.0766. The Morgan fingerprint density at radius 3 is 1.89 bits per heavy atom. The molecule has 0 spiro atoms. The molecule has 0 bridgehead atoms. The number of rotatable bonds is 11. The Balaban J connectivity index is 1.70. The summed E-state index contributed by atoms with van der Waals surface area (Å²) >= 11 is 0. The van der Waals surface area contributed by atoms with Crippen LogP contribution in [0.5, 0.6) is 5.75 Å². The third-order valence-electron chi connectivity index (χ3n) is 7.05. The summed E-state index contributed by atoms with van der Waals surface area (Å²) in [4.78, 5) is 0. The van der Waals surface area contributed by atoms with E-state index in [0.29, 0.717) is 16.7 Å². The summed E-state index contributed by atoms with van der Waals surface area (Å²) in [5, 5.41) is 2.49. The fourth-order valence-corrected chi connectivity index (χ4v) is 6.78. The van der Waals surface area contributed by atoms with Crippen molar-refractivity contribution < 1.29 is 56.7 Å². The Bertz CT molecular complexity index is 1860. The van der Waals surface area contributed by atoms with Crippen LogP contribution in [0.1, 0.15) is 54.2 Å². The molecule has 4 rings (SSSR count). The van der Waals surface area contributed by atoms with Gasteiger partial charge in [-0.25, -0.2) is 0 Å². The van der Waals surface area contributed by atoms with Crippen molar-refractivity contribution in [2.24, 2.45) is 5.16 Å². The Hall–Kier alpha value is -3.60. The maximum absolute atomic E-state index is 15.2. The first-order valence-corrected chi connectivity index (χ1v) is 16.3. The van der Waals surface area contributed by atoms with E-state index in [1.54, 1.807) is 24.3 Å². The lowest BCUT2D eigenvalue weighted by Crippen LogP contribution is -2.41. The third-order valence-corrected chi connectivity index (χ3v) is 10.1. The van der Waals surface area contributed by atoms with Crippen molar-refractivity contribution >= 4 is 25.9 Å². The number of alkyl halides is 5. The normalized spacial score (nSPS) is 14.2. The van der Waals surface area contributed by atoms with E-state index in [9.17, 15) is 30.0 Å². The molecular formula is C30H30F5NO8S2. The van der Waals surface area contributed by atoms with Gasteiger partial charge in [-0.1, -0.05) is 62.3 Å². The molecule has 1 aliphatic rings. The van der Waals surface area contributed by atoms with Crippen molar-refractivity contribution in [3.05, 3.63) is 88.0 Å². The number of ether oxygens (including phenoxy) is 2. The fraction of sp³-hybridized carbons (Fsp3) is 0.367. The van der Waals surface area contributed by atoms with Crippen LogP contribution in [0.15, 0.2) is 59.8 Å². The lowest BCUT2D eigenvalue weighted by molar-refractivity contribution is -0.0598. The van der Waals surface area contributed by atoms with Crippen LogP contribution in [-0.4, -0.2) is 47.5 Å². The molecule has 250 valence electrons. The summed E-state index contributed by atoms with van der Waals surface area (Å²) < 4.78 is 136. The number of fused-ring (bicyclic) bond motifs is 3. The molecule has 1 aliphatic carbocycles. The lowest BCUT2D eigenvalue weighted by Gasteiger charge is -2.24. The summed E-state index contributed by atoms with van der Waals surface area (Å²) in [6.07, 6.45) is -5.14. The molecule has 0 fully saturated rings. The number of halogens is 5. The molecule has 3 aromatic rings. The molecule has 0 atom stereocenters. The molecule has 0 aliphatic heterocycles. The summed E-state index contributed by atoms with van der Waals surface area (Å²) in [5.74, 6) is -0.704. The maximum Gasteiger partial charge on any atom is 0.519 e. The van der Waals surface area contributed by atoms with E-state index in [-0.39, 0.29) is 30.8 Å². The van der Waals surface area contributed by atoms with Crippen molar-refractivity contribution in [2.75, 3.05) is 14.2 Å². The minimum atomic E-state index is -6.73. The van der Waals surface area contributed by atoms with Crippen molar-refractivity contribution in [1.82, 2.24) is 0 Å². The van der Waals surface area contributed by atoms with Crippen molar-refractivity contribution in [2.45, 2.75) is 56.6 Å². The van der Waals surface area contributed by atoms with E-state index in [1.165, 1.54) is 32.4 Å². The first kappa shape index (κ1) is 35.3. The van der Waals surface area contributed by atoms with E-state index >= 15 is 8.78 Å². The smallest absolute Gasteiger partial charge is 0.380 e. The van der Waals surface area contributed by atoms with Gasteiger partial charge in [0.15, 0.2) is 11.5 Å². The van der Waals surface area contributed by atoms with Crippen LogP contribution in [0.4, 0.5) is 22.0 Å². The van der Waals surface area contributed by atoms with Gasteiger partial charge in [0.05, 0.1) is 13.2 Å². The SMILES string of the molecule is COCc1cc(C(C)(C)C)cc(COC)c1OS(=O)(=O)C(F)(F)S(=O)(=O)O/N=C(\c1ccc2c(c1)Cc1ccccc1-2)C(F)(F)F. The summed E-state index contributed by atoms with van der Waals surface area (Å²) in [6, 6.07) is 13.3. The molecule has 0 unspecified atom stereocenters. The van der Waals surface area contributed by atoms with Gasteiger partial charge in [-0.05, 0) is 57.9 Å². The number of nitrogens with zero attached hydrogens (tertiary/aromatic N) is 1. The van der Waals surface area contributed by atoms with Gasteiger partial charge in [0, 0.05) is 30.9 Å². The van der Waals surface area contributed by atoms with Crippen LogP contribution in [0.2, 0.25) is 0 Å². The summed E-state index contributed by atoms with van der Waals surface area (Å²) in [7, 11) is -10.8. The number of hydrogen-bond acceptors (Lipinski definition) is 9. The van der Waals surface area contributed by atoms with Gasteiger partial charge in [-0.2, -0.15) is 38.8 Å². The fourth-order valence-electron chi connectivity index (χ4n) is 4.79. The zero-order valence-corrected chi connectivity index (χ0v) is 26.9. The molecule has 46 heavy (non-hydrogen) atoms. The first-order valence-electron chi connectivity index (χ1n) is 13.5.